The number of fused-ring (bicyclic) bond motifs is 1. The lowest BCUT2D eigenvalue weighted by molar-refractivity contribution is -0.136. The van der Waals surface area contributed by atoms with Crippen molar-refractivity contribution < 1.29 is 14.3 Å². The van der Waals surface area contributed by atoms with Crippen molar-refractivity contribution >= 4 is 22.8 Å². The lowest BCUT2D eigenvalue weighted by Gasteiger charge is -2.36. The quantitative estimate of drug-likeness (QED) is 0.776. The largest absolute Gasteiger partial charge is 0.452 e. The highest BCUT2D eigenvalue weighted by Gasteiger charge is 2.28. The van der Waals surface area contributed by atoms with Gasteiger partial charge in [0.15, 0.2) is 6.61 Å². The van der Waals surface area contributed by atoms with E-state index in [-0.39, 0.29) is 29.7 Å². The van der Waals surface area contributed by atoms with E-state index in [1.807, 2.05) is 0 Å². The Hall–Kier alpha value is -2.63. The minimum Gasteiger partial charge on any atom is -0.452 e. The molecule has 0 N–H and O–H groups in total. The molecule has 6 nitrogen and oxygen atoms in total. The van der Waals surface area contributed by atoms with Gasteiger partial charge in [0, 0.05) is 31.6 Å². The third-order valence-electron chi connectivity index (χ3n) is 5.66. The summed E-state index contributed by atoms with van der Waals surface area (Å²) in [7, 11) is 3.43. The number of aryl methyl sites for hydroxylation is 1. The van der Waals surface area contributed by atoms with E-state index in [0.29, 0.717) is 16.8 Å². The van der Waals surface area contributed by atoms with Gasteiger partial charge in [-0.05, 0) is 24.8 Å². The van der Waals surface area contributed by atoms with E-state index in [1.54, 1.807) is 43.3 Å². The number of para-hydroxylation sites is 1. The van der Waals surface area contributed by atoms with Crippen LogP contribution in [0.4, 0.5) is 0 Å². The zero-order chi connectivity index (χ0) is 19.6. The number of nitrogens with zero attached hydrogens (tertiary/aromatic N) is 2. The molecule has 0 aliphatic heterocycles. The lowest BCUT2D eigenvalue weighted by atomic mass is 9.85. The Labute approximate surface area is 158 Å². The van der Waals surface area contributed by atoms with Crippen LogP contribution in [-0.2, 0) is 16.6 Å². The minimum absolute atomic E-state index is 0.190. The summed E-state index contributed by atoms with van der Waals surface area (Å²) in [5.41, 5.74) is 0.548. The number of hydrogen-bond donors (Lipinski definition) is 0. The van der Waals surface area contributed by atoms with Crippen LogP contribution < -0.4 is 5.56 Å². The monoisotopic (exact) mass is 370 g/mol. The molecule has 1 aromatic carbocycles. The second-order valence-electron chi connectivity index (χ2n) is 7.38. The Balaban J connectivity index is 1.73. The summed E-state index contributed by atoms with van der Waals surface area (Å²) < 4.78 is 6.74. The fraction of sp³-hybridized carbons (Fsp3) is 0.476. The van der Waals surface area contributed by atoms with E-state index in [4.69, 9.17) is 4.74 Å². The fourth-order valence-electron chi connectivity index (χ4n) is 3.94. The predicted octanol–water partition coefficient (Wildman–Crippen LogP) is 2.73. The fourth-order valence-corrected chi connectivity index (χ4v) is 3.94. The Morgan fingerprint density at radius 2 is 1.93 bits per heavy atom. The van der Waals surface area contributed by atoms with Gasteiger partial charge in [-0.25, -0.2) is 4.79 Å². The number of carbonyl (C=O) groups is 2. The highest BCUT2D eigenvalue weighted by molar-refractivity contribution is 6.03. The van der Waals surface area contributed by atoms with E-state index in [1.165, 1.54) is 17.1 Å². The first kappa shape index (κ1) is 19.1. The molecule has 0 spiro atoms. The Morgan fingerprint density at radius 3 is 2.67 bits per heavy atom. The summed E-state index contributed by atoms with van der Waals surface area (Å²) in [5, 5.41) is 0.631. The molecule has 2 unspecified atom stereocenters. The maximum absolute atomic E-state index is 12.5. The average molecular weight is 370 g/mol. The molecular weight excluding hydrogens is 344 g/mol. The van der Waals surface area contributed by atoms with Gasteiger partial charge >= 0.3 is 5.97 Å². The second kappa shape index (κ2) is 7.94. The minimum atomic E-state index is -0.651. The summed E-state index contributed by atoms with van der Waals surface area (Å²) in [6, 6.07) is 8.60. The van der Waals surface area contributed by atoms with Gasteiger partial charge in [-0.1, -0.05) is 38.0 Å². The zero-order valence-corrected chi connectivity index (χ0v) is 16.1. The number of pyridine rings is 1. The van der Waals surface area contributed by atoms with Crippen molar-refractivity contribution in [1.82, 2.24) is 9.47 Å². The van der Waals surface area contributed by atoms with Crippen LogP contribution in [0, 0.1) is 5.92 Å². The van der Waals surface area contributed by atoms with E-state index >= 15 is 0 Å². The molecule has 0 radical (unpaired) electrons. The van der Waals surface area contributed by atoms with Crippen LogP contribution >= 0.6 is 0 Å². The van der Waals surface area contributed by atoms with Gasteiger partial charge in [0.25, 0.3) is 11.5 Å². The number of aromatic nitrogens is 1. The molecule has 2 aromatic rings. The number of hydrogen-bond acceptors (Lipinski definition) is 4. The average Bonchev–Trinajstić information content (AvgIpc) is 2.68. The summed E-state index contributed by atoms with van der Waals surface area (Å²) >= 11 is 0. The number of likely N-dealkylation sites (N-methyl/N-ethyl adjacent to an activating group) is 1. The topological polar surface area (TPSA) is 68.6 Å². The number of carbonyl (C=O) groups excluding carboxylic acids is 2. The first-order chi connectivity index (χ1) is 12.9. The molecule has 6 heteroatoms. The first-order valence-electron chi connectivity index (χ1n) is 9.41. The highest BCUT2D eigenvalue weighted by atomic mass is 16.5. The zero-order valence-electron chi connectivity index (χ0n) is 16.1. The summed E-state index contributed by atoms with van der Waals surface area (Å²) in [4.78, 5) is 38.9. The Bertz CT molecular complexity index is 918. The SMILES string of the molecule is CC1CCCCC1N(C)C(=O)COC(=O)c1cc(=O)n(C)c2ccccc12. The normalized spacial score (nSPS) is 19.7. The van der Waals surface area contributed by atoms with Crippen molar-refractivity contribution in [1.29, 1.82) is 0 Å². The van der Waals surface area contributed by atoms with Gasteiger partial charge in [0.2, 0.25) is 0 Å². The van der Waals surface area contributed by atoms with Gasteiger partial charge in [0.1, 0.15) is 0 Å². The maximum Gasteiger partial charge on any atom is 0.339 e. The molecule has 1 aliphatic rings. The number of rotatable bonds is 4. The molecule has 1 aliphatic carbocycles. The van der Waals surface area contributed by atoms with Gasteiger partial charge in [-0.2, -0.15) is 0 Å². The van der Waals surface area contributed by atoms with Crippen LogP contribution in [0.2, 0.25) is 0 Å². The van der Waals surface area contributed by atoms with Crippen molar-refractivity contribution in [3.63, 3.8) is 0 Å². The van der Waals surface area contributed by atoms with Gasteiger partial charge < -0.3 is 14.2 Å². The van der Waals surface area contributed by atoms with E-state index in [2.05, 4.69) is 6.92 Å². The highest BCUT2D eigenvalue weighted by Crippen LogP contribution is 2.27. The molecule has 3 rings (SSSR count). The number of ether oxygens (including phenoxy) is 1. The van der Waals surface area contributed by atoms with Crippen molar-refractivity contribution in [3.8, 4) is 0 Å². The molecule has 1 fully saturated rings. The van der Waals surface area contributed by atoms with Crippen LogP contribution in [0.3, 0.4) is 0 Å². The molecule has 1 saturated carbocycles. The van der Waals surface area contributed by atoms with Crippen LogP contribution in [0.5, 0.6) is 0 Å². The van der Waals surface area contributed by atoms with Crippen LogP contribution in [0.1, 0.15) is 43.0 Å². The molecule has 0 bridgehead atoms. The van der Waals surface area contributed by atoms with Gasteiger partial charge in [0.05, 0.1) is 11.1 Å². The summed E-state index contributed by atoms with van der Waals surface area (Å²) in [6.07, 6.45) is 4.41. The lowest BCUT2D eigenvalue weighted by Crippen LogP contribution is -2.44. The van der Waals surface area contributed by atoms with Crippen LogP contribution in [0.15, 0.2) is 35.1 Å². The van der Waals surface area contributed by atoms with E-state index in [9.17, 15) is 14.4 Å². The third-order valence-corrected chi connectivity index (χ3v) is 5.66. The molecule has 1 heterocycles. The standard InChI is InChI=1S/C21H26N2O4/c1-14-8-4-6-10-17(14)22(2)20(25)13-27-21(26)16-12-19(24)23(3)18-11-7-5-9-15(16)18/h5,7,9,11-12,14,17H,4,6,8,10,13H2,1-3H3. The molecule has 2 atom stereocenters. The molecule has 1 amide bonds. The smallest absolute Gasteiger partial charge is 0.339 e. The predicted molar refractivity (Wildman–Crippen MR) is 104 cm³/mol. The Morgan fingerprint density at radius 1 is 1.22 bits per heavy atom. The second-order valence-corrected chi connectivity index (χ2v) is 7.38. The van der Waals surface area contributed by atoms with Crippen molar-refractivity contribution in [3.05, 3.63) is 46.2 Å². The van der Waals surface area contributed by atoms with E-state index in [0.717, 1.165) is 19.3 Å². The summed E-state index contributed by atoms with van der Waals surface area (Å²) in [6.45, 7) is 1.84. The van der Waals surface area contributed by atoms with Crippen LogP contribution in [0.25, 0.3) is 10.9 Å². The first-order valence-corrected chi connectivity index (χ1v) is 9.41. The van der Waals surface area contributed by atoms with Gasteiger partial charge in [-0.3, -0.25) is 9.59 Å². The molecule has 27 heavy (non-hydrogen) atoms. The van der Waals surface area contributed by atoms with Crippen molar-refractivity contribution in [2.45, 2.75) is 38.6 Å². The maximum atomic E-state index is 12.5. The number of esters is 1. The summed E-state index contributed by atoms with van der Waals surface area (Å²) in [5.74, 6) is -0.415. The third kappa shape index (κ3) is 3.89. The van der Waals surface area contributed by atoms with Crippen molar-refractivity contribution in [2.75, 3.05) is 13.7 Å². The molecule has 1 aromatic heterocycles. The Kier molecular flexibility index (Phi) is 5.63. The molecular formula is C21H26N2O4. The van der Waals surface area contributed by atoms with Gasteiger partial charge in [-0.15, -0.1) is 0 Å². The molecule has 0 saturated heterocycles. The van der Waals surface area contributed by atoms with Crippen molar-refractivity contribution in [2.24, 2.45) is 13.0 Å². The number of benzene rings is 1. The number of amides is 1. The van der Waals surface area contributed by atoms with Crippen LogP contribution in [-0.4, -0.2) is 41.0 Å². The van der Waals surface area contributed by atoms with E-state index < -0.39 is 5.97 Å². The molecule has 144 valence electrons.